The summed E-state index contributed by atoms with van der Waals surface area (Å²) in [5.74, 6) is -0.304. The molecule has 39 heavy (non-hydrogen) atoms. The standard InChI is InChI=1S/C22H23N6O8PS2/c1-39(34,35)13-27(38(32)33)16-7-5-15(6-8-16)25-22-23-11-14-12-24-28(21(14)26-22)19-10-9-18-17(19)3-2-4-20(18)36-37(29,30)31/h2-8,11-12,19H,9-10,13H2,1H3,(H,32,33)(H,23,25,26)(H2,29,30,31)/p-1. The monoisotopic (exact) mass is 593 g/mol. The van der Waals surface area contributed by atoms with Gasteiger partial charge in [0.15, 0.2) is 15.5 Å². The van der Waals surface area contributed by atoms with Crippen molar-refractivity contribution in [1.29, 1.82) is 0 Å². The molecule has 2 atom stereocenters. The van der Waals surface area contributed by atoms with Gasteiger partial charge in [-0.15, -0.1) is 0 Å². The Morgan fingerprint density at radius 2 is 1.97 bits per heavy atom. The third-order valence-electron chi connectivity index (χ3n) is 5.99. The summed E-state index contributed by atoms with van der Waals surface area (Å²) >= 11 is -2.78. The lowest BCUT2D eigenvalue weighted by atomic mass is 10.1. The molecule has 0 amide bonds. The van der Waals surface area contributed by atoms with E-state index in [0.29, 0.717) is 35.1 Å². The number of hydrogen-bond acceptors (Lipinski definition) is 10. The molecule has 0 bridgehead atoms. The van der Waals surface area contributed by atoms with E-state index in [1.165, 1.54) is 18.2 Å². The van der Waals surface area contributed by atoms with E-state index in [4.69, 9.17) is 4.52 Å². The number of hydrogen-bond donors (Lipinski definition) is 3. The van der Waals surface area contributed by atoms with Gasteiger partial charge >= 0.3 is 7.82 Å². The van der Waals surface area contributed by atoms with Crippen molar-refractivity contribution in [3.05, 3.63) is 66.0 Å². The number of anilines is 3. The largest absolute Gasteiger partial charge is 0.755 e. The zero-order chi connectivity index (χ0) is 27.9. The lowest BCUT2D eigenvalue weighted by molar-refractivity contribution is 0.282. The molecular weight excluding hydrogens is 571 g/mol. The summed E-state index contributed by atoms with van der Waals surface area (Å²) in [7, 11) is -8.30. The summed E-state index contributed by atoms with van der Waals surface area (Å²) < 4.78 is 64.9. The summed E-state index contributed by atoms with van der Waals surface area (Å²) in [4.78, 5) is 27.4. The molecule has 206 valence electrons. The van der Waals surface area contributed by atoms with Crippen LogP contribution in [0.1, 0.15) is 23.6 Å². The highest BCUT2D eigenvalue weighted by atomic mass is 32.2. The number of fused-ring (bicyclic) bond motifs is 2. The van der Waals surface area contributed by atoms with Crippen molar-refractivity contribution in [3.8, 4) is 5.75 Å². The van der Waals surface area contributed by atoms with Crippen molar-refractivity contribution >= 4 is 57.3 Å². The van der Waals surface area contributed by atoms with E-state index in [2.05, 4.69) is 20.4 Å². The van der Waals surface area contributed by atoms with Crippen molar-refractivity contribution in [1.82, 2.24) is 19.7 Å². The van der Waals surface area contributed by atoms with Crippen LogP contribution < -0.4 is 14.1 Å². The average Bonchev–Trinajstić information content (AvgIpc) is 3.46. The second-order valence-corrected chi connectivity index (χ2v) is 13.0. The Bertz CT molecular complexity index is 1720. The maximum Gasteiger partial charge on any atom is 0.524 e. The third-order valence-corrected chi connectivity index (χ3v) is 8.01. The molecule has 0 spiro atoms. The Balaban J connectivity index is 1.40. The lowest BCUT2D eigenvalue weighted by Crippen LogP contribution is -2.30. The van der Waals surface area contributed by atoms with Gasteiger partial charge in [-0.25, -0.2) is 22.6 Å². The topological polar surface area (TPSA) is 200 Å². The molecule has 5 rings (SSSR count). The fourth-order valence-electron chi connectivity index (χ4n) is 4.45. The van der Waals surface area contributed by atoms with Crippen molar-refractivity contribution < 1.29 is 36.1 Å². The summed E-state index contributed by atoms with van der Waals surface area (Å²) in [5.41, 5.74) is 2.76. The number of rotatable bonds is 9. The molecule has 0 saturated heterocycles. The highest BCUT2D eigenvalue weighted by Crippen LogP contribution is 2.45. The van der Waals surface area contributed by atoms with Crippen LogP contribution in [0, 0.1) is 0 Å². The van der Waals surface area contributed by atoms with E-state index in [1.807, 2.05) is 6.07 Å². The molecular formula is C22H22N6O8PS2-. The van der Waals surface area contributed by atoms with Crippen LogP contribution in [-0.2, 0) is 32.1 Å². The molecule has 2 aromatic heterocycles. The number of nitrogens with zero attached hydrogens (tertiary/aromatic N) is 5. The summed E-state index contributed by atoms with van der Waals surface area (Å²) in [6, 6.07) is 10.9. The second-order valence-electron chi connectivity index (χ2n) is 8.84. The summed E-state index contributed by atoms with van der Waals surface area (Å²) in [6.45, 7) is 0. The first-order valence-electron chi connectivity index (χ1n) is 11.4. The van der Waals surface area contributed by atoms with Crippen LogP contribution in [0.15, 0.2) is 54.9 Å². The van der Waals surface area contributed by atoms with E-state index < -0.39 is 34.8 Å². The average molecular weight is 594 g/mol. The van der Waals surface area contributed by atoms with Crippen LogP contribution in [0.2, 0.25) is 0 Å². The van der Waals surface area contributed by atoms with E-state index in [0.717, 1.165) is 16.1 Å². The molecule has 0 saturated carbocycles. The van der Waals surface area contributed by atoms with E-state index in [-0.39, 0.29) is 23.4 Å². The van der Waals surface area contributed by atoms with Gasteiger partial charge < -0.3 is 14.4 Å². The molecule has 3 N–H and O–H groups in total. The van der Waals surface area contributed by atoms with Crippen LogP contribution in [-0.4, -0.2) is 58.8 Å². The fourth-order valence-corrected chi connectivity index (χ4v) is 6.66. The normalized spacial score (nSPS) is 16.2. The molecule has 1 aliphatic carbocycles. The maximum absolute atomic E-state index is 11.6. The Kier molecular flexibility index (Phi) is 7.17. The van der Waals surface area contributed by atoms with Crippen molar-refractivity contribution in [2.45, 2.75) is 18.9 Å². The first-order valence-corrected chi connectivity index (χ1v) is 16.0. The number of phosphoric ester groups is 1. The minimum Gasteiger partial charge on any atom is -0.755 e. The predicted molar refractivity (Wildman–Crippen MR) is 142 cm³/mol. The van der Waals surface area contributed by atoms with Crippen LogP contribution in [0.25, 0.3) is 11.0 Å². The van der Waals surface area contributed by atoms with Gasteiger partial charge in [0.05, 0.1) is 17.6 Å². The SMILES string of the molecule is CS(=O)(=O)CN(c1ccc(Nc2ncc3cnn(C4CCc5c(OP(=O)(O)O)cccc54)c3n2)cc1)S(=O)[O-]. The lowest BCUT2D eigenvalue weighted by Gasteiger charge is -2.25. The number of sulfone groups is 1. The molecule has 1 aliphatic rings. The molecule has 0 fully saturated rings. The number of nitrogens with one attached hydrogen (secondary N) is 1. The molecule has 2 heterocycles. The quantitative estimate of drug-likeness (QED) is 0.189. The van der Waals surface area contributed by atoms with Gasteiger partial charge in [-0.05, 0) is 48.7 Å². The molecule has 14 nitrogen and oxygen atoms in total. The molecule has 17 heteroatoms. The highest BCUT2D eigenvalue weighted by Gasteiger charge is 2.30. The van der Waals surface area contributed by atoms with Gasteiger partial charge in [0.2, 0.25) is 5.95 Å². The summed E-state index contributed by atoms with van der Waals surface area (Å²) in [5, 5.41) is 8.21. The first kappa shape index (κ1) is 27.2. The van der Waals surface area contributed by atoms with E-state index >= 15 is 0 Å². The number of phosphoric acid groups is 1. The van der Waals surface area contributed by atoms with Crippen molar-refractivity contribution in [2.75, 3.05) is 21.8 Å². The van der Waals surface area contributed by atoms with Gasteiger partial charge in [-0.1, -0.05) is 12.1 Å². The van der Waals surface area contributed by atoms with Gasteiger partial charge in [0.1, 0.15) is 11.6 Å². The first-order chi connectivity index (χ1) is 18.4. The predicted octanol–water partition coefficient (Wildman–Crippen LogP) is 2.18. The minimum absolute atomic E-state index is 0.135. The van der Waals surface area contributed by atoms with Crippen LogP contribution in [0.3, 0.4) is 0 Å². The minimum atomic E-state index is -4.71. The van der Waals surface area contributed by atoms with E-state index in [1.54, 1.807) is 35.3 Å². The van der Waals surface area contributed by atoms with E-state index in [9.17, 15) is 31.5 Å². The number of benzene rings is 2. The second kappa shape index (κ2) is 10.3. The van der Waals surface area contributed by atoms with Crippen LogP contribution in [0.4, 0.5) is 17.3 Å². The number of aromatic nitrogens is 4. The van der Waals surface area contributed by atoms with Gasteiger partial charge in [-0.2, -0.15) is 10.1 Å². The van der Waals surface area contributed by atoms with Gasteiger partial charge in [0.25, 0.3) is 0 Å². The zero-order valence-electron chi connectivity index (χ0n) is 20.2. The highest BCUT2D eigenvalue weighted by molar-refractivity contribution is 7.92. The Hall–Kier alpha value is -3.40. The Labute approximate surface area is 225 Å². The Morgan fingerprint density at radius 1 is 1.23 bits per heavy atom. The smallest absolute Gasteiger partial charge is 0.524 e. The molecule has 2 unspecified atom stereocenters. The van der Waals surface area contributed by atoms with Crippen molar-refractivity contribution in [3.63, 3.8) is 0 Å². The van der Waals surface area contributed by atoms with Gasteiger partial charge in [0, 0.05) is 40.7 Å². The fraction of sp³-hybridized carbons (Fsp3) is 0.227. The van der Waals surface area contributed by atoms with Crippen molar-refractivity contribution in [2.24, 2.45) is 0 Å². The molecule has 0 aliphatic heterocycles. The van der Waals surface area contributed by atoms with Gasteiger partial charge in [-0.3, -0.25) is 18.3 Å². The molecule has 2 aromatic carbocycles. The summed E-state index contributed by atoms with van der Waals surface area (Å²) in [6.07, 6.45) is 5.32. The molecule has 0 radical (unpaired) electrons. The third kappa shape index (κ3) is 6.11. The van der Waals surface area contributed by atoms with Crippen LogP contribution in [0.5, 0.6) is 5.75 Å². The van der Waals surface area contributed by atoms with Crippen LogP contribution >= 0.6 is 7.82 Å². The molecule has 4 aromatic rings. The zero-order valence-corrected chi connectivity index (χ0v) is 22.8. The Morgan fingerprint density at radius 3 is 2.64 bits per heavy atom. The maximum atomic E-state index is 11.6.